The molecule has 0 fully saturated rings. The molecule has 0 aliphatic heterocycles. The number of aromatic hydroxyl groups is 1. The molecule has 2 nitrogen and oxygen atoms in total. The molecule has 0 radical (unpaired) electrons. The quantitative estimate of drug-likeness (QED) is 0.374. The van der Waals surface area contributed by atoms with Crippen molar-refractivity contribution >= 4 is 13.9 Å². The lowest BCUT2D eigenvalue weighted by atomic mass is 9.88. The Morgan fingerprint density at radius 2 is 1.65 bits per heavy atom. The maximum absolute atomic E-state index is 11.0. The molecule has 3 heteroatoms. The van der Waals surface area contributed by atoms with Crippen molar-refractivity contribution in [2.75, 3.05) is 14.1 Å². The van der Waals surface area contributed by atoms with Crippen LogP contribution in [0.3, 0.4) is 0 Å². The first kappa shape index (κ1) is 23.5. The van der Waals surface area contributed by atoms with Gasteiger partial charge in [0.05, 0.1) is 0 Å². The molecular weight excluding hydrogens is 397 g/mol. The third-order valence-electron chi connectivity index (χ3n) is 6.02. The Morgan fingerprint density at radius 1 is 0.903 bits per heavy atom. The molecule has 0 bridgehead atoms. The first-order valence-corrected chi connectivity index (χ1v) is 12.3. The van der Waals surface area contributed by atoms with E-state index < -0.39 is 0 Å². The van der Waals surface area contributed by atoms with Crippen molar-refractivity contribution < 1.29 is 5.11 Å². The Labute approximate surface area is 190 Å². The van der Waals surface area contributed by atoms with E-state index >= 15 is 0 Å². The van der Waals surface area contributed by atoms with E-state index in [0.29, 0.717) is 14.3 Å². The number of aryl methyl sites for hydroxylation is 1. The highest BCUT2D eigenvalue weighted by Gasteiger charge is 2.33. The maximum Gasteiger partial charge on any atom is 0.119 e. The summed E-state index contributed by atoms with van der Waals surface area (Å²) in [6.45, 7) is 7.63. The van der Waals surface area contributed by atoms with Crippen LogP contribution in [0.15, 0.2) is 66.7 Å². The van der Waals surface area contributed by atoms with Crippen LogP contribution in [0, 0.1) is 6.92 Å². The minimum Gasteiger partial charge on any atom is -0.508 e. The van der Waals surface area contributed by atoms with E-state index in [1.54, 1.807) is 0 Å². The fraction of sp³-hybridized carbons (Fsp3) is 0.357. The smallest absolute Gasteiger partial charge is 0.119 e. The molecular formula is C28H36NOP. The van der Waals surface area contributed by atoms with Gasteiger partial charge in [-0.05, 0) is 68.0 Å². The monoisotopic (exact) mass is 433 g/mol. The van der Waals surface area contributed by atoms with Gasteiger partial charge in [0.1, 0.15) is 5.75 Å². The van der Waals surface area contributed by atoms with Crippen molar-refractivity contribution in [3.63, 3.8) is 0 Å². The zero-order valence-corrected chi connectivity index (χ0v) is 20.6. The van der Waals surface area contributed by atoms with Gasteiger partial charge in [-0.3, -0.25) is 0 Å². The van der Waals surface area contributed by atoms with E-state index in [-0.39, 0.29) is 5.16 Å². The van der Waals surface area contributed by atoms with E-state index in [4.69, 9.17) is 0 Å². The molecule has 0 aromatic heterocycles. The van der Waals surface area contributed by atoms with Gasteiger partial charge in [-0.15, -0.1) is 0 Å². The molecule has 0 spiro atoms. The van der Waals surface area contributed by atoms with Gasteiger partial charge in [0.2, 0.25) is 0 Å². The molecule has 0 heterocycles. The van der Waals surface area contributed by atoms with Crippen LogP contribution in [0.5, 0.6) is 5.75 Å². The second-order valence-corrected chi connectivity index (χ2v) is 10.6. The fourth-order valence-electron chi connectivity index (χ4n) is 4.45. The molecule has 2 unspecified atom stereocenters. The largest absolute Gasteiger partial charge is 0.508 e. The average molecular weight is 434 g/mol. The van der Waals surface area contributed by atoms with Gasteiger partial charge in [-0.1, -0.05) is 89.0 Å². The first-order valence-electron chi connectivity index (χ1n) is 11.3. The molecule has 3 rings (SSSR count). The lowest BCUT2D eigenvalue weighted by Gasteiger charge is -2.35. The Kier molecular flexibility index (Phi) is 7.92. The van der Waals surface area contributed by atoms with Crippen LogP contribution in [0.25, 0.3) is 11.1 Å². The van der Waals surface area contributed by atoms with E-state index in [1.807, 2.05) is 18.2 Å². The van der Waals surface area contributed by atoms with Gasteiger partial charge in [0.25, 0.3) is 0 Å². The molecule has 1 N–H and O–H groups in total. The SMILES string of the molecule is CCCC(CC)(Pc1ccc(C)cc1CN(C)C)c1cc(-c2ccccc2)ccc1O. The number of nitrogens with zero attached hydrogens (tertiary/aromatic N) is 1. The summed E-state index contributed by atoms with van der Waals surface area (Å²) in [6, 6.07) is 23.5. The molecule has 164 valence electrons. The number of rotatable bonds is 9. The molecule has 0 amide bonds. The Balaban J connectivity index is 2.10. The van der Waals surface area contributed by atoms with Crippen molar-refractivity contribution in [2.24, 2.45) is 0 Å². The summed E-state index contributed by atoms with van der Waals surface area (Å²) in [5.74, 6) is 0.420. The van der Waals surface area contributed by atoms with E-state index in [9.17, 15) is 5.11 Å². The summed E-state index contributed by atoms with van der Waals surface area (Å²) in [5, 5.41) is 12.4. The number of benzene rings is 3. The number of phenolic OH excluding ortho intramolecular Hbond substituents is 1. The van der Waals surface area contributed by atoms with Crippen molar-refractivity contribution in [2.45, 2.75) is 51.7 Å². The molecule has 0 aliphatic carbocycles. The molecule has 3 aromatic carbocycles. The predicted molar refractivity (Wildman–Crippen MR) is 137 cm³/mol. The molecule has 0 aliphatic rings. The van der Waals surface area contributed by atoms with Crippen LogP contribution in [0.2, 0.25) is 0 Å². The zero-order chi connectivity index (χ0) is 22.4. The van der Waals surface area contributed by atoms with E-state index in [2.05, 4.69) is 88.3 Å². The molecule has 0 saturated carbocycles. The third-order valence-corrected chi connectivity index (χ3v) is 8.13. The highest BCUT2D eigenvalue weighted by molar-refractivity contribution is 7.48. The summed E-state index contributed by atoms with van der Waals surface area (Å²) in [5.41, 5.74) is 6.16. The van der Waals surface area contributed by atoms with Crippen molar-refractivity contribution in [1.82, 2.24) is 4.90 Å². The summed E-state index contributed by atoms with van der Waals surface area (Å²) in [4.78, 5) is 2.24. The highest BCUT2D eigenvalue weighted by atomic mass is 31.1. The van der Waals surface area contributed by atoms with Crippen molar-refractivity contribution in [3.8, 4) is 16.9 Å². The van der Waals surface area contributed by atoms with Gasteiger partial charge in [-0.2, -0.15) is 0 Å². The van der Waals surface area contributed by atoms with Gasteiger partial charge in [0.15, 0.2) is 0 Å². The lowest BCUT2D eigenvalue weighted by molar-refractivity contribution is 0.403. The Hall–Kier alpha value is -2.15. The zero-order valence-electron chi connectivity index (χ0n) is 19.6. The first-order chi connectivity index (χ1) is 14.9. The summed E-state index contributed by atoms with van der Waals surface area (Å²) < 4.78 is 0. The molecule has 0 saturated heterocycles. The molecule has 31 heavy (non-hydrogen) atoms. The Bertz CT molecular complexity index is 999. The summed E-state index contributed by atoms with van der Waals surface area (Å²) >= 11 is 0. The standard InChI is InChI=1S/C28H36NOP/c1-6-17-28(7-2,31-27-16-13-21(3)18-24(27)20-29(4)5)25-19-23(14-15-26(25)30)22-11-9-8-10-12-22/h8-16,18-19,30-31H,6-7,17,20H2,1-5H3. The van der Waals surface area contributed by atoms with Crippen LogP contribution in [0.1, 0.15) is 49.8 Å². The van der Waals surface area contributed by atoms with Crippen LogP contribution in [0.4, 0.5) is 0 Å². The summed E-state index contributed by atoms with van der Waals surface area (Å²) in [6.07, 6.45) is 3.15. The van der Waals surface area contributed by atoms with Gasteiger partial charge >= 0.3 is 0 Å². The van der Waals surface area contributed by atoms with Crippen molar-refractivity contribution in [1.29, 1.82) is 0 Å². The van der Waals surface area contributed by atoms with Gasteiger partial charge in [-0.25, -0.2) is 0 Å². The highest BCUT2D eigenvalue weighted by Crippen LogP contribution is 2.51. The second kappa shape index (κ2) is 10.4. The van der Waals surface area contributed by atoms with E-state index in [0.717, 1.165) is 31.4 Å². The Morgan fingerprint density at radius 3 is 2.29 bits per heavy atom. The summed E-state index contributed by atoms with van der Waals surface area (Å²) in [7, 11) is 4.87. The van der Waals surface area contributed by atoms with Crippen LogP contribution in [-0.2, 0) is 11.7 Å². The average Bonchev–Trinajstić information content (AvgIpc) is 2.76. The normalized spacial score (nSPS) is 13.7. The topological polar surface area (TPSA) is 23.5 Å². The maximum atomic E-state index is 11.0. The molecule has 3 aromatic rings. The second-order valence-electron chi connectivity index (χ2n) is 8.81. The third kappa shape index (κ3) is 5.56. The van der Waals surface area contributed by atoms with Crippen LogP contribution < -0.4 is 5.30 Å². The molecule has 2 atom stereocenters. The van der Waals surface area contributed by atoms with E-state index in [1.165, 1.54) is 27.6 Å². The minimum atomic E-state index is -0.0695. The number of hydrogen-bond acceptors (Lipinski definition) is 2. The van der Waals surface area contributed by atoms with Gasteiger partial charge < -0.3 is 10.0 Å². The van der Waals surface area contributed by atoms with Crippen LogP contribution in [-0.4, -0.2) is 24.1 Å². The van der Waals surface area contributed by atoms with Crippen LogP contribution >= 0.6 is 8.58 Å². The predicted octanol–water partition coefficient (Wildman–Crippen LogP) is 6.84. The van der Waals surface area contributed by atoms with Gasteiger partial charge in [0, 0.05) is 17.3 Å². The number of phenols is 1. The fourth-order valence-corrected chi connectivity index (χ4v) is 6.33. The van der Waals surface area contributed by atoms with Crippen molar-refractivity contribution in [3.05, 3.63) is 83.4 Å². The lowest BCUT2D eigenvalue weighted by Crippen LogP contribution is -2.25. The minimum absolute atomic E-state index is 0.0695. The number of hydrogen-bond donors (Lipinski definition) is 1.